The van der Waals surface area contributed by atoms with Gasteiger partial charge in [0.05, 0.1) is 24.8 Å². The van der Waals surface area contributed by atoms with Gasteiger partial charge in [-0.25, -0.2) is 4.98 Å². The minimum Gasteiger partial charge on any atom is -0.493 e. The molecule has 2 heterocycles. The second kappa shape index (κ2) is 9.46. The smallest absolute Gasteiger partial charge is 0.179 e. The maximum atomic E-state index is 6.42. The van der Waals surface area contributed by atoms with Crippen LogP contribution < -0.4 is 14.8 Å². The molecule has 0 radical (unpaired) electrons. The van der Waals surface area contributed by atoms with Gasteiger partial charge in [0, 0.05) is 45.6 Å². The summed E-state index contributed by atoms with van der Waals surface area (Å²) in [5.41, 5.74) is 1.10. The molecule has 0 saturated carbocycles. The van der Waals surface area contributed by atoms with Crippen molar-refractivity contribution < 1.29 is 9.47 Å². The van der Waals surface area contributed by atoms with Gasteiger partial charge in [0.25, 0.3) is 0 Å². The van der Waals surface area contributed by atoms with Crippen LogP contribution in [0.5, 0.6) is 11.5 Å². The molecule has 2 aromatic rings. The molecule has 1 aliphatic heterocycles. The lowest BCUT2D eigenvalue weighted by molar-refractivity contribution is 0.144. The Labute approximate surface area is 165 Å². The summed E-state index contributed by atoms with van der Waals surface area (Å²) in [4.78, 5) is 6.95. The molecule has 0 bridgehead atoms. The van der Waals surface area contributed by atoms with Gasteiger partial charge in [0.1, 0.15) is 5.82 Å². The predicted molar refractivity (Wildman–Crippen MR) is 106 cm³/mol. The summed E-state index contributed by atoms with van der Waals surface area (Å²) in [6, 6.07) is 4.20. The van der Waals surface area contributed by atoms with Crippen molar-refractivity contribution >= 4 is 24.0 Å². The summed E-state index contributed by atoms with van der Waals surface area (Å²) < 4.78 is 13.2. The minimum atomic E-state index is 0. The van der Waals surface area contributed by atoms with Crippen molar-refractivity contribution in [2.45, 2.75) is 19.5 Å². The van der Waals surface area contributed by atoms with Crippen LogP contribution in [0.25, 0.3) is 0 Å². The Balaban J connectivity index is 0.00000243. The molecule has 3 rings (SSSR count). The van der Waals surface area contributed by atoms with Crippen LogP contribution in [-0.4, -0.2) is 47.8 Å². The Kier molecular flexibility index (Phi) is 7.58. The van der Waals surface area contributed by atoms with E-state index in [0.717, 1.165) is 37.6 Å². The van der Waals surface area contributed by atoms with Crippen molar-refractivity contribution in [3.8, 4) is 11.5 Å². The van der Waals surface area contributed by atoms with Gasteiger partial charge in [-0.05, 0) is 24.6 Å². The fourth-order valence-electron chi connectivity index (χ4n) is 3.27. The summed E-state index contributed by atoms with van der Waals surface area (Å²) in [5.74, 6) is 2.35. The fourth-order valence-corrected chi connectivity index (χ4v) is 3.56. The molecule has 1 atom stereocenters. The van der Waals surface area contributed by atoms with E-state index in [4.69, 9.17) is 21.1 Å². The number of ether oxygens (including phenoxy) is 2. The van der Waals surface area contributed by atoms with Gasteiger partial charge in [-0.1, -0.05) is 11.6 Å². The van der Waals surface area contributed by atoms with Gasteiger partial charge in [0.15, 0.2) is 11.5 Å². The van der Waals surface area contributed by atoms with Crippen molar-refractivity contribution in [2.75, 3.05) is 33.4 Å². The molecule has 1 fully saturated rings. The van der Waals surface area contributed by atoms with E-state index in [1.165, 1.54) is 0 Å². The van der Waals surface area contributed by atoms with E-state index in [1.54, 1.807) is 7.11 Å². The lowest BCUT2D eigenvalue weighted by Gasteiger charge is -2.35. The van der Waals surface area contributed by atoms with Gasteiger partial charge < -0.3 is 19.4 Å². The molecule has 6 nitrogen and oxygen atoms in total. The molecule has 1 unspecified atom stereocenters. The van der Waals surface area contributed by atoms with E-state index < -0.39 is 0 Å². The van der Waals surface area contributed by atoms with Crippen LogP contribution in [0.1, 0.15) is 24.4 Å². The van der Waals surface area contributed by atoms with Crippen LogP contribution in [0.2, 0.25) is 5.02 Å². The number of piperazine rings is 1. The quantitative estimate of drug-likeness (QED) is 0.807. The molecule has 144 valence electrons. The first-order valence-corrected chi connectivity index (χ1v) is 8.93. The number of hydrogen-bond donors (Lipinski definition) is 1. The molecule has 26 heavy (non-hydrogen) atoms. The van der Waals surface area contributed by atoms with Gasteiger partial charge in [-0.3, -0.25) is 4.90 Å². The Morgan fingerprint density at radius 2 is 2.19 bits per heavy atom. The Morgan fingerprint density at radius 1 is 1.38 bits per heavy atom. The van der Waals surface area contributed by atoms with Crippen molar-refractivity contribution in [3.05, 3.63) is 40.9 Å². The second-order valence-electron chi connectivity index (χ2n) is 6.13. The van der Waals surface area contributed by atoms with Crippen LogP contribution in [-0.2, 0) is 13.6 Å². The summed E-state index contributed by atoms with van der Waals surface area (Å²) in [6.45, 7) is 6.05. The number of imidazole rings is 1. The van der Waals surface area contributed by atoms with Crippen molar-refractivity contribution in [2.24, 2.45) is 7.05 Å². The van der Waals surface area contributed by atoms with Crippen molar-refractivity contribution in [3.63, 3.8) is 0 Å². The van der Waals surface area contributed by atoms with E-state index in [9.17, 15) is 0 Å². The zero-order valence-electron chi connectivity index (χ0n) is 15.4. The van der Waals surface area contributed by atoms with Crippen LogP contribution in [0.3, 0.4) is 0 Å². The highest BCUT2D eigenvalue weighted by molar-refractivity contribution is 6.32. The Bertz CT molecular complexity index is 723. The third kappa shape index (κ3) is 4.43. The third-order valence-corrected chi connectivity index (χ3v) is 4.76. The van der Waals surface area contributed by atoms with Gasteiger partial charge in [-0.15, -0.1) is 12.4 Å². The standard InChI is InChI=1S/C18H25ClN4O2.ClH/c1-4-25-17-14(19)9-13(10-16(17)24-3)12-23-8-5-20-11-15(23)18-21-6-7-22(18)2;/h6-7,9-10,15,20H,4-5,8,11-12H2,1-3H3;1H. The number of nitrogens with zero attached hydrogens (tertiary/aromatic N) is 3. The zero-order valence-corrected chi connectivity index (χ0v) is 16.9. The molecular weight excluding hydrogens is 375 g/mol. The topological polar surface area (TPSA) is 51.5 Å². The van der Waals surface area contributed by atoms with Crippen LogP contribution in [0.15, 0.2) is 24.5 Å². The number of nitrogens with one attached hydrogen (secondary N) is 1. The Morgan fingerprint density at radius 3 is 2.85 bits per heavy atom. The minimum absolute atomic E-state index is 0. The van der Waals surface area contributed by atoms with Crippen LogP contribution in [0, 0.1) is 0 Å². The average Bonchev–Trinajstić information content (AvgIpc) is 3.03. The molecule has 1 saturated heterocycles. The highest BCUT2D eigenvalue weighted by Gasteiger charge is 2.27. The molecule has 0 aliphatic carbocycles. The maximum absolute atomic E-state index is 6.42. The first kappa shape index (κ1) is 20.8. The SMILES string of the molecule is CCOc1c(Cl)cc(CN2CCNCC2c2nccn2C)cc1OC.Cl. The predicted octanol–water partition coefficient (Wildman–Crippen LogP) is 3.05. The fraction of sp³-hybridized carbons (Fsp3) is 0.500. The molecule has 0 spiro atoms. The van der Waals surface area contributed by atoms with E-state index in [2.05, 4.69) is 19.8 Å². The molecular formula is C18H26Cl2N4O2. The largest absolute Gasteiger partial charge is 0.493 e. The highest BCUT2D eigenvalue weighted by atomic mass is 35.5. The molecule has 1 aromatic heterocycles. The number of benzene rings is 1. The summed E-state index contributed by atoms with van der Waals surface area (Å²) in [5, 5.41) is 4.04. The number of aryl methyl sites for hydroxylation is 1. The monoisotopic (exact) mass is 400 g/mol. The number of halogens is 2. The zero-order chi connectivity index (χ0) is 17.8. The lowest BCUT2D eigenvalue weighted by Crippen LogP contribution is -2.46. The van der Waals surface area contributed by atoms with Gasteiger partial charge in [0.2, 0.25) is 0 Å². The lowest BCUT2D eigenvalue weighted by atomic mass is 10.1. The number of rotatable bonds is 6. The summed E-state index contributed by atoms with van der Waals surface area (Å²) in [7, 11) is 3.67. The summed E-state index contributed by atoms with van der Waals surface area (Å²) >= 11 is 6.42. The molecule has 1 aliphatic rings. The van der Waals surface area contributed by atoms with E-state index in [0.29, 0.717) is 23.1 Å². The van der Waals surface area contributed by atoms with Gasteiger partial charge in [-0.2, -0.15) is 0 Å². The van der Waals surface area contributed by atoms with Gasteiger partial charge >= 0.3 is 0 Å². The first-order chi connectivity index (χ1) is 12.1. The van der Waals surface area contributed by atoms with Crippen LogP contribution in [0.4, 0.5) is 0 Å². The van der Waals surface area contributed by atoms with E-state index in [-0.39, 0.29) is 18.4 Å². The number of methoxy groups -OCH3 is 1. The molecule has 1 aromatic carbocycles. The van der Waals surface area contributed by atoms with E-state index in [1.807, 2.05) is 38.5 Å². The number of hydrogen-bond acceptors (Lipinski definition) is 5. The molecule has 1 N–H and O–H groups in total. The average molecular weight is 401 g/mol. The third-order valence-electron chi connectivity index (χ3n) is 4.47. The summed E-state index contributed by atoms with van der Waals surface area (Å²) in [6.07, 6.45) is 3.83. The first-order valence-electron chi connectivity index (χ1n) is 8.55. The second-order valence-corrected chi connectivity index (χ2v) is 6.54. The van der Waals surface area contributed by atoms with Crippen LogP contribution >= 0.6 is 24.0 Å². The maximum Gasteiger partial charge on any atom is 0.179 e. The van der Waals surface area contributed by atoms with Crippen molar-refractivity contribution in [1.82, 2.24) is 19.8 Å². The molecule has 8 heteroatoms. The normalized spacial score (nSPS) is 17.6. The highest BCUT2D eigenvalue weighted by Crippen LogP contribution is 2.37. The molecule has 0 amide bonds. The number of aromatic nitrogens is 2. The van der Waals surface area contributed by atoms with Crippen molar-refractivity contribution in [1.29, 1.82) is 0 Å². The Hall–Kier alpha value is -1.47. The van der Waals surface area contributed by atoms with E-state index >= 15 is 0 Å².